The molecule has 1 atom stereocenters. The predicted molar refractivity (Wildman–Crippen MR) is 104 cm³/mol. The van der Waals surface area contributed by atoms with Gasteiger partial charge < -0.3 is 10.6 Å². The summed E-state index contributed by atoms with van der Waals surface area (Å²) in [6.45, 7) is -0.194. The number of hydrogen-bond acceptors (Lipinski definition) is 4. The molecule has 2 aromatic rings. The van der Waals surface area contributed by atoms with Gasteiger partial charge in [-0.15, -0.1) is 0 Å². The maximum Gasteiger partial charge on any atom is 0.416 e. The van der Waals surface area contributed by atoms with Crippen molar-refractivity contribution in [2.75, 3.05) is 12.3 Å². The molecule has 9 heteroatoms. The molecule has 0 aromatic heterocycles. The lowest BCUT2D eigenvalue weighted by atomic mass is 10.1. The van der Waals surface area contributed by atoms with E-state index in [1.807, 2.05) is 0 Å². The van der Waals surface area contributed by atoms with Crippen molar-refractivity contribution < 1.29 is 22.8 Å². The molecule has 2 N–H and O–H groups in total. The molecule has 152 valence electrons. The Morgan fingerprint density at radius 1 is 1.07 bits per heavy atom. The molecule has 0 aliphatic rings. The van der Waals surface area contributed by atoms with Crippen LogP contribution in [0, 0.1) is 11.3 Å². The van der Waals surface area contributed by atoms with Crippen LogP contribution in [0.1, 0.15) is 21.5 Å². The molecule has 0 heterocycles. The third-order valence-corrected chi connectivity index (χ3v) is 4.94. The summed E-state index contributed by atoms with van der Waals surface area (Å²) in [6, 6.07) is 14.0. The molecule has 0 saturated heterocycles. The van der Waals surface area contributed by atoms with E-state index in [1.54, 1.807) is 36.4 Å². The Balaban J connectivity index is 1.97. The van der Waals surface area contributed by atoms with Crippen LogP contribution in [0.15, 0.2) is 54.6 Å². The summed E-state index contributed by atoms with van der Waals surface area (Å²) in [5.41, 5.74) is 0.321. The highest BCUT2D eigenvalue weighted by Gasteiger charge is 2.30. The van der Waals surface area contributed by atoms with Gasteiger partial charge in [-0.25, -0.2) is 0 Å². The van der Waals surface area contributed by atoms with Crippen LogP contribution in [0.25, 0.3) is 0 Å². The Morgan fingerprint density at radius 2 is 1.72 bits per heavy atom. The third kappa shape index (κ3) is 7.16. The molecule has 0 aliphatic heterocycles. The van der Waals surface area contributed by atoms with Crippen molar-refractivity contribution in [1.29, 1.82) is 5.26 Å². The van der Waals surface area contributed by atoms with E-state index in [0.29, 0.717) is 16.9 Å². The summed E-state index contributed by atoms with van der Waals surface area (Å²) >= 11 is 1.29. The predicted octanol–water partition coefficient (Wildman–Crippen LogP) is 3.38. The number of nitriles is 1. The number of thioether (sulfide) groups is 1. The molecule has 2 amide bonds. The molecular formula is C20H18F3N3O2S. The number of nitrogens with zero attached hydrogens (tertiary/aromatic N) is 1. The van der Waals surface area contributed by atoms with E-state index in [4.69, 9.17) is 5.26 Å². The highest BCUT2D eigenvalue weighted by atomic mass is 32.2. The zero-order chi connectivity index (χ0) is 21.3. The Hall–Kier alpha value is -2.99. The van der Waals surface area contributed by atoms with Gasteiger partial charge in [0.05, 0.1) is 11.6 Å². The van der Waals surface area contributed by atoms with Crippen LogP contribution in [0.5, 0.6) is 0 Å². The Kier molecular flexibility index (Phi) is 8.09. The number of halogens is 3. The molecule has 0 spiro atoms. The molecular weight excluding hydrogens is 403 g/mol. The lowest BCUT2D eigenvalue weighted by Crippen LogP contribution is -2.48. The standard InChI is InChI=1S/C20H18F3N3O2S/c21-20(22,23)16-8-6-14(7-9-16)12-29-13-17(19(28)25-11-10-24)26-18(27)15-4-2-1-3-5-15/h1-9,17H,11-13H2,(H,25,28)(H,26,27). The SMILES string of the molecule is N#CCNC(=O)C(CSCc1ccc(C(F)(F)F)cc1)NC(=O)c1ccccc1. The van der Waals surface area contributed by atoms with Gasteiger partial charge in [0.1, 0.15) is 12.6 Å². The molecule has 0 radical (unpaired) electrons. The van der Waals surface area contributed by atoms with E-state index in [9.17, 15) is 22.8 Å². The van der Waals surface area contributed by atoms with E-state index < -0.39 is 29.6 Å². The minimum atomic E-state index is -4.39. The number of hydrogen-bond donors (Lipinski definition) is 2. The Bertz CT molecular complexity index is 865. The zero-order valence-electron chi connectivity index (χ0n) is 15.2. The molecule has 1 unspecified atom stereocenters. The van der Waals surface area contributed by atoms with Crippen molar-refractivity contribution in [2.45, 2.75) is 18.0 Å². The van der Waals surface area contributed by atoms with Gasteiger partial charge in [0.15, 0.2) is 0 Å². The fraction of sp³-hybridized carbons (Fsp3) is 0.250. The molecule has 0 aliphatic carbocycles. The summed E-state index contributed by atoms with van der Waals surface area (Å²) in [4.78, 5) is 24.6. The number of carbonyl (C=O) groups is 2. The highest BCUT2D eigenvalue weighted by Crippen LogP contribution is 2.29. The zero-order valence-corrected chi connectivity index (χ0v) is 16.0. The maximum absolute atomic E-state index is 12.6. The van der Waals surface area contributed by atoms with Crippen molar-refractivity contribution in [1.82, 2.24) is 10.6 Å². The third-order valence-electron chi connectivity index (χ3n) is 3.83. The second-order valence-electron chi connectivity index (χ2n) is 5.98. The van der Waals surface area contributed by atoms with Crippen molar-refractivity contribution in [3.05, 3.63) is 71.3 Å². The fourth-order valence-corrected chi connectivity index (χ4v) is 3.36. The lowest BCUT2D eigenvalue weighted by molar-refractivity contribution is -0.137. The average Bonchev–Trinajstić information content (AvgIpc) is 2.71. The number of amides is 2. The van der Waals surface area contributed by atoms with Gasteiger partial charge in [0, 0.05) is 17.1 Å². The van der Waals surface area contributed by atoms with E-state index in [2.05, 4.69) is 10.6 Å². The van der Waals surface area contributed by atoms with Gasteiger partial charge in [-0.05, 0) is 29.8 Å². The van der Waals surface area contributed by atoms with Gasteiger partial charge in [-0.1, -0.05) is 30.3 Å². The molecule has 2 aromatic carbocycles. The summed E-state index contributed by atoms with van der Waals surface area (Å²) in [7, 11) is 0. The highest BCUT2D eigenvalue weighted by molar-refractivity contribution is 7.98. The number of alkyl halides is 3. The number of benzene rings is 2. The van der Waals surface area contributed by atoms with Crippen molar-refractivity contribution >= 4 is 23.6 Å². The average molecular weight is 421 g/mol. The number of nitrogens with one attached hydrogen (secondary N) is 2. The molecule has 0 bridgehead atoms. The number of rotatable bonds is 8. The first-order valence-corrected chi connectivity index (χ1v) is 9.71. The fourth-order valence-electron chi connectivity index (χ4n) is 2.35. The monoisotopic (exact) mass is 421 g/mol. The van der Waals surface area contributed by atoms with Crippen LogP contribution in [0.3, 0.4) is 0 Å². The van der Waals surface area contributed by atoms with Crippen LogP contribution in [-0.4, -0.2) is 30.2 Å². The second-order valence-corrected chi connectivity index (χ2v) is 7.01. The van der Waals surface area contributed by atoms with Crippen LogP contribution in [-0.2, 0) is 16.7 Å². The smallest absolute Gasteiger partial charge is 0.341 e. The number of carbonyl (C=O) groups excluding carboxylic acids is 2. The largest absolute Gasteiger partial charge is 0.416 e. The van der Waals surface area contributed by atoms with Crippen LogP contribution in [0.2, 0.25) is 0 Å². The first-order chi connectivity index (χ1) is 13.8. The van der Waals surface area contributed by atoms with Gasteiger partial charge in [0.2, 0.25) is 5.91 Å². The van der Waals surface area contributed by atoms with Crippen molar-refractivity contribution in [2.24, 2.45) is 0 Å². The van der Waals surface area contributed by atoms with Crippen LogP contribution >= 0.6 is 11.8 Å². The molecule has 0 fully saturated rings. The Morgan fingerprint density at radius 3 is 2.31 bits per heavy atom. The first kappa shape index (κ1) is 22.3. The molecule has 29 heavy (non-hydrogen) atoms. The van der Waals surface area contributed by atoms with Crippen LogP contribution < -0.4 is 10.6 Å². The van der Waals surface area contributed by atoms with Crippen LogP contribution in [0.4, 0.5) is 13.2 Å². The quantitative estimate of drug-likeness (QED) is 0.641. The van der Waals surface area contributed by atoms with Gasteiger partial charge >= 0.3 is 6.18 Å². The van der Waals surface area contributed by atoms with Crippen molar-refractivity contribution in [3.8, 4) is 6.07 Å². The van der Waals surface area contributed by atoms with Gasteiger partial charge in [-0.3, -0.25) is 9.59 Å². The summed E-state index contributed by atoms with van der Waals surface area (Å²) in [5, 5.41) is 13.7. The lowest BCUT2D eigenvalue weighted by Gasteiger charge is -2.17. The first-order valence-electron chi connectivity index (χ1n) is 8.55. The molecule has 0 saturated carbocycles. The van der Waals surface area contributed by atoms with E-state index in [-0.39, 0.29) is 12.3 Å². The van der Waals surface area contributed by atoms with Gasteiger partial charge in [0.25, 0.3) is 5.91 Å². The van der Waals surface area contributed by atoms with Crippen molar-refractivity contribution in [3.63, 3.8) is 0 Å². The van der Waals surface area contributed by atoms with E-state index >= 15 is 0 Å². The molecule has 2 rings (SSSR count). The molecule has 5 nitrogen and oxygen atoms in total. The normalized spacial score (nSPS) is 11.9. The summed E-state index contributed by atoms with van der Waals surface area (Å²) < 4.78 is 37.9. The summed E-state index contributed by atoms with van der Waals surface area (Å²) in [5.74, 6) is -0.383. The van der Waals surface area contributed by atoms with E-state index in [1.165, 1.54) is 23.9 Å². The maximum atomic E-state index is 12.6. The topological polar surface area (TPSA) is 82.0 Å². The minimum Gasteiger partial charge on any atom is -0.341 e. The Labute approximate surface area is 170 Å². The van der Waals surface area contributed by atoms with E-state index in [0.717, 1.165) is 12.1 Å². The van der Waals surface area contributed by atoms with Gasteiger partial charge in [-0.2, -0.15) is 30.2 Å². The summed E-state index contributed by atoms with van der Waals surface area (Å²) in [6.07, 6.45) is -4.39. The second kappa shape index (κ2) is 10.5. The minimum absolute atomic E-state index is 0.191.